The molecule has 3 nitrogen and oxygen atoms in total. The van der Waals surface area contributed by atoms with Gasteiger partial charge < -0.3 is 15.3 Å². The van der Waals surface area contributed by atoms with Gasteiger partial charge in [0.25, 0.3) is 0 Å². The minimum Gasteiger partial charge on any atom is -0.393 e. The van der Waals surface area contributed by atoms with E-state index < -0.39 is 0 Å². The van der Waals surface area contributed by atoms with E-state index >= 15 is 0 Å². The minimum atomic E-state index is -0.254. The van der Waals surface area contributed by atoms with Gasteiger partial charge >= 0.3 is 0 Å². The standard InChI is InChI=1S/C24H42O3/c1-5-6-14(2)17-7-8-18-22-19(13-21(27)24(17,18)4)23(3)10-9-16(25)11-15(23)12-20(22)26/h14-22,25-27H,5-13H2,1-4H3/t14?,15?,16-,17?,18?,19?,20-,21+,22?,23+,24-/m1/s1. The number of hydrogen-bond acceptors (Lipinski definition) is 3. The van der Waals surface area contributed by atoms with Gasteiger partial charge in [-0.25, -0.2) is 0 Å². The van der Waals surface area contributed by atoms with Crippen molar-refractivity contribution in [2.75, 3.05) is 0 Å². The number of rotatable bonds is 3. The van der Waals surface area contributed by atoms with Gasteiger partial charge in [0, 0.05) is 0 Å². The summed E-state index contributed by atoms with van der Waals surface area (Å²) < 4.78 is 0. The second kappa shape index (κ2) is 6.99. The SMILES string of the molecule is CCCC(C)C1CCC2C3C(C[C@H](O)[C@]12C)[C@@]1(C)CC[C@@H](O)CC1C[C@H]3O. The molecule has 3 N–H and O–H groups in total. The Morgan fingerprint density at radius 3 is 2.41 bits per heavy atom. The summed E-state index contributed by atoms with van der Waals surface area (Å²) in [5.74, 6) is 2.86. The smallest absolute Gasteiger partial charge is 0.0602 e. The molecule has 0 aromatic rings. The molecule has 4 aliphatic rings. The van der Waals surface area contributed by atoms with Crippen molar-refractivity contribution in [3.05, 3.63) is 0 Å². The lowest BCUT2D eigenvalue weighted by molar-refractivity contribution is -0.207. The highest BCUT2D eigenvalue weighted by atomic mass is 16.3. The maximum atomic E-state index is 11.5. The third-order valence-corrected chi connectivity index (χ3v) is 10.3. The molecule has 27 heavy (non-hydrogen) atoms. The topological polar surface area (TPSA) is 60.7 Å². The first-order chi connectivity index (χ1) is 12.7. The molecule has 0 bridgehead atoms. The van der Waals surface area contributed by atoms with Gasteiger partial charge in [-0.15, -0.1) is 0 Å². The van der Waals surface area contributed by atoms with Crippen LogP contribution in [-0.2, 0) is 0 Å². The van der Waals surface area contributed by atoms with Crippen molar-refractivity contribution in [1.82, 2.24) is 0 Å². The van der Waals surface area contributed by atoms with Crippen molar-refractivity contribution < 1.29 is 15.3 Å². The molecule has 4 aliphatic carbocycles. The molecule has 0 aromatic heterocycles. The molecule has 3 heteroatoms. The summed E-state index contributed by atoms with van der Waals surface area (Å²) >= 11 is 0. The zero-order chi connectivity index (χ0) is 19.6. The van der Waals surface area contributed by atoms with E-state index in [4.69, 9.17) is 0 Å². The van der Waals surface area contributed by atoms with Crippen LogP contribution in [0.2, 0.25) is 0 Å². The second-order valence-electron chi connectivity index (χ2n) is 11.3. The normalized spacial score (nSPS) is 56.1. The summed E-state index contributed by atoms with van der Waals surface area (Å²) in [6, 6.07) is 0. The predicted octanol–water partition coefficient (Wildman–Crippen LogP) is 4.38. The van der Waals surface area contributed by atoms with E-state index in [1.165, 1.54) is 25.7 Å². The maximum Gasteiger partial charge on any atom is 0.0602 e. The Labute approximate surface area is 165 Å². The molecule has 0 aliphatic heterocycles. The first kappa shape index (κ1) is 20.2. The van der Waals surface area contributed by atoms with Crippen LogP contribution in [0, 0.1) is 46.3 Å². The minimum absolute atomic E-state index is 0.0336. The Morgan fingerprint density at radius 1 is 0.963 bits per heavy atom. The van der Waals surface area contributed by atoms with Crippen molar-refractivity contribution in [2.24, 2.45) is 46.3 Å². The van der Waals surface area contributed by atoms with E-state index in [2.05, 4.69) is 27.7 Å². The maximum absolute atomic E-state index is 11.5. The molecule has 0 saturated heterocycles. The summed E-state index contributed by atoms with van der Waals surface area (Å²) in [4.78, 5) is 0. The van der Waals surface area contributed by atoms with Gasteiger partial charge in [-0.05, 0) is 91.3 Å². The van der Waals surface area contributed by atoms with E-state index in [-0.39, 0.29) is 29.1 Å². The van der Waals surface area contributed by atoms with Gasteiger partial charge in [0.15, 0.2) is 0 Å². The third kappa shape index (κ3) is 2.86. The van der Waals surface area contributed by atoms with Crippen LogP contribution in [0.5, 0.6) is 0 Å². The Balaban J connectivity index is 1.66. The first-order valence-electron chi connectivity index (χ1n) is 11.8. The average molecular weight is 379 g/mol. The quantitative estimate of drug-likeness (QED) is 0.683. The summed E-state index contributed by atoms with van der Waals surface area (Å²) in [5.41, 5.74) is 0.146. The summed E-state index contributed by atoms with van der Waals surface area (Å²) in [6.45, 7) is 9.42. The summed E-state index contributed by atoms with van der Waals surface area (Å²) in [6.07, 6.45) is 8.64. The van der Waals surface area contributed by atoms with Crippen LogP contribution in [0.1, 0.15) is 85.5 Å². The van der Waals surface area contributed by atoms with Gasteiger partial charge in [0.05, 0.1) is 18.3 Å². The van der Waals surface area contributed by atoms with E-state index in [0.717, 1.165) is 32.1 Å². The lowest BCUT2D eigenvalue weighted by atomic mass is 9.43. The van der Waals surface area contributed by atoms with Crippen LogP contribution >= 0.6 is 0 Å². The molecule has 0 aromatic carbocycles. The highest BCUT2D eigenvalue weighted by Gasteiger charge is 2.65. The first-order valence-corrected chi connectivity index (χ1v) is 11.8. The van der Waals surface area contributed by atoms with Crippen molar-refractivity contribution in [2.45, 2.75) is 104 Å². The van der Waals surface area contributed by atoms with Crippen LogP contribution in [0.25, 0.3) is 0 Å². The van der Waals surface area contributed by atoms with E-state index in [0.29, 0.717) is 35.5 Å². The molecule has 0 amide bonds. The molecule has 0 heterocycles. The van der Waals surface area contributed by atoms with Gasteiger partial charge in [-0.2, -0.15) is 0 Å². The predicted molar refractivity (Wildman–Crippen MR) is 108 cm³/mol. The second-order valence-corrected chi connectivity index (χ2v) is 11.3. The molecule has 6 unspecified atom stereocenters. The lowest BCUT2D eigenvalue weighted by Crippen LogP contribution is -2.62. The molecule has 4 fully saturated rings. The zero-order valence-electron chi connectivity index (χ0n) is 17.9. The Bertz CT molecular complexity index is 550. The highest BCUT2D eigenvalue weighted by Crippen LogP contribution is 2.68. The van der Waals surface area contributed by atoms with Gasteiger partial charge in [-0.1, -0.05) is 40.5 Å². The molecular weight excluding hydrogens is 336 g/mol. The van der Waals surface area contributed by atoms with Crippen molar-refractivity contribution in [3.63, 3.8) is 0 Å². The molecular formula is C24H42O3. The van der Waals surface area contributed by atoms with Crippen LogP contribution < -0.4 is 0 Å². The van der Waals surface area contributed by atoms with Gasteiger partial charge in [-0.3, -0.25) is 0 Å². The fourth-order valence-corrected chi connectivity index (χ4v) is 8.79. The monoisotopic (exact) mass is 378 g/mol. The number of aliphatic hydroxyl groups excluding tert-OH is 3. The highest BCUT2D eigenvalue weighted by molar-refractivity contribution is 5.14. The van der Waals surface area contributed by atoms with Crippen molar-refractivity contribution in [3.8, 4) is 0 Å². The van der Waals surface area contributed by atoms with Crippen LogP contribution in [-0.4, -0.2) is 33.6 Å². The van der Waals surface area contributed by atoms with Crippen molar-refractivity contribution in [1.29, 1.82) is 0 Å². The largest absolute Gasteiger partial charge is 0.393 e. The number of aliphatic hydroxyl groups is 3. The summed E-state index contributed by atoms with van der Waals surface area (Å²) in [7, 11) is 0. The van der Waals surface area contributed by atoms with Crippen LogP contribution in [0.4, 0.5) is 0 Å². The fraction of sp³-hybridized carbons (Fsp3) is 1.00. The Kier molecular flexibility index (Phi) is 5.22. The molecule has 0 spiro atoms. The fourth-order valence-electron chi connectivity index (χ4n) is 8.79. The van der Waals surface area contributed by atoms with E-state index in [9.17, 15) is 15.3 Å². The number of fused-ring (bicyclic) bond motifs is 5. The third-order valence-electron chi connectivity index (χ3n) is 10.3. The molecule has 0 radical (unpaired) electrons. The number of hydrogen-bond donors (Lipinski definition) is 3. The average Bonchev–Trinajstić information content (AvgIpc) is 2.96. The molecule has 4 rings (SSSR count). The molecule has 11 atom stereocenters. The van der Waals surface area contributed by atoms with Gasteiger partial charge in [0.1, 0.15) is 0 Å². The van der Waals surface area contributed by atoms with Crippen LogP contribution in [0.3, 0.4) is 0 Å². The van der Waals surface area contributed by atoms with Gasteiger partial charge in [0.2, 0.25) is 0 Å². The van der Waals surface area contributed by atoms with E-state index in [1.54, 1.807) is 0 Å². The summed E-state index contributed by atoms with van der Waals surface area (Å²) in [5, 5.41) is 32.9. The molecule has 156 valence electrons. The Morgan fingerprint density at radius 2 is 1.70 bits per heavy atom. The lowest BCUT2D eigenvalue weighted by Gasteiger charge is -2.63. The Hall–Kier alpha value is -0.120. The van der Waals surface area contributed by atoms with E-state index in [1.807, 2.05) is 0 Å². The molecule has 4 saturated carbocycles. The van der Waals surface area contributed by atoms with Crippen LogP contribution in [0.15, 0.2) is 0 Å². The van der Waals surface area contributed by atoms with Crippen molar-refractivity contribution >= 4 is 0 Å². The zero-order valence-corrected chi connectivity index (χ0v) is 17.9.